The number of rotatable bonds is 14. The summed E-state index contributed by atoms with van der Waals surface area (Å²) < 4.78 is 2.32. The standard InChI is InChI=1S/C24H36NO/c26-21-13-8-6-4-2-1-3-5-7-12-18-25-19-16-24(17-20-25)22-23-14-10-9-11-15-23/h9-11,14-17,19-20,26H,1-8,12-13,18,21-22H2/q+1. The number of aryl methyl sites for hydroxylation is 1. The van der Waals surface area contributed by atoms with Crippen LogP contribution in [0.1, 0.15) is 75.3 Å². The molecule has 1 aromatic carbocycles. The van der Waals surface area contributed by atoms with Crippen LogP contribution in [-0.2, 0) is 13.0 Å². The van der Waals surface area contributed by atoms with Gasteiger partial charge in [-0.15, -0.1) is 0 Å². The molecule has 0 saturated heterocycles. The average molecular weight is 355 g/mol. The maximum Gasteiger partial charge on any atom is 0.169 e. The summed E-state index contributed by atoms with van der Waals surface area (Å²) >= 11 is 0. The number of nitrogens with zero attached hydrogens (tertiary/aromatic N) is 1. The molecule has 0 saturated carbocycles. The van der Waals surface area contributed by atoms with Crippen LogP contribution in [0.15, 0.2) is 54.9 Å². The summed E-state index contributed by atoms with van der Waals surface area (Å²) in [5, 5.41) is 8.74. The second kappa shape index (κ2) is 13.5. The fourth-order valence-corrected chi connectivity index (χ4v) is 3.41. The third kappa shape index (κ3) is 9.15. The van der Waals surface area contributed by atoms with Crippen molar-refractivity contribution in [2.75, 3.05) is 6.61 Å². The fourth-order valence-electron chi connectivity index (χ4n) is 3.41. The molecule has 0 atom stereocenters. The predicted octanol–water partition coefficient (Wildman–Crippen LogP) is 5.46. The van der Waals surface area contributed by atoms with E-state index in [-0.39, 0.29) is 0 Å². The van der Waals surface area contributed by atoms with Crippen molar-refractivity contribution in [1.29, 1.82) is 0 Å². The second-order valence-corrected chi connectivity index (χ2v) is 7.37. The number of unbranched alkanes of at least 4 members (excludes halogenated alkanes) is 9. The summed E-state index contributed by atoms with van der Waals surface area (Å²) in [5.74, 6) is 0. The Labute approximate surface area is 159 Å². The highest BCUT2D eigenvalue weighted by Crippen LogP contribution is 2.11. The first-order valence-corrected chi connectivity index (χ1v) is 10.5. The van der Waals surface area contributed by atoms with Crippen molar-refractivity contribution in [3.8, 4) is 0 Å². The number of aliphatic hydroxyl groups is 1. The van der Waals surface area contributed by atoms with Gasteiger partial charge in [0.2, 0.25) is 0 Å². The van der Waals surface area contributed by atoms with E-state index in [9.17, 15) is 0 Å². The number of benzene rings is 1. The Morgan fingerprint density at radius 3 is 1.65 bits per heavy atom. The summed E-state index contributed by atoms with van der Waals surface area (Å²) in [6.07, 6.45) is 18.4. The first-order chi connectivity index (χ1) is 12.9. The number of aromatic nitrogens is 1. The largest absolute Gasteiger partial charge is 0.396 e. The highest BCUT2D eigenvalue weighted by atomic mass is 16.2. The minimum Gasteiger partial charge on any atom is -0.396 e. The molecule has 142 valence electrons. The molecule has 1 N–H and O–H groups in total. The van der Waals surface area contributed by atoms with E-state index in [1.54, 1.807) is 0 Å². The molecule has 0 bridgehead atoms. The molecular weight excluding hydrogens is 318 g/mol. The van der Waals surface area contributed by atoms with Gasteiger partial charge < -0.3 is 5.11 Å². The predicted molar refractivity (Wildman–Crippen MR) is 109 cm³/mol. The van der Waals surface area contributed by atoms with E-state index in [4.69, 9.17) is 5.11 Å². The van der Waals surface area contributed by atoms with E-state index in [2.05, 4.69) is 59.4 Å². The highest BCUT2D eigenvalue weighted by Gasteiger charge is 2.02. The second-order valence-electron chi connectivity index (χ2n) is 7.37. The van der Waals surface area contributed by atoms with Crippen LogP contribution in [0, 0.1) is 0 Å². The molecule has 0 radical (unpaired) electrons. The van der Waals surface area contributed by atoms with Crippen LogP contribution in [0.2, 0.25) is 0 Å². The van der Waals surface area contributed by atoms with Gasteiger partial charge in [-0.05, 0) is 30.4 Å². The van der Waals surface area contributed by atoms with E-state index >= 15 is 0 Å². The lowest BCUT2D eigenvalue weighted by molar-refractivity contribution is -0.697. The van der Waals surface area contributed by atoms with Crippen LogP contribution >= 0.6 is 0 Å². The summed E-state index contributed by atoms with van der Waals surface area (Å²) in [7, 11) is 0. The molecule has 2 nitrogen and oxygen atoms in total. The molecule has 2 aromatic rings. The molecule has 0 amide bonds. The third-order valence-corrected chi connectivity index (χ3v) is 5.04. The van der Waals surface area contributed by atoms with E-state index < -0.39 is 0 Å². The fraction of sp³-hybridized carbons (Fsp3) is 0.542. The van der Waals surface area contributed by atoms with Crippen molar-refractivity contribution in [2.45, 2.75) is 77.2 Å². The molecule has 1 heterocycles. The van der Waals surface area contributed by atoms with E-state index in [0.717, 1.165) is 19.4 Å². The van der Waals surface area contributed by atoms with Crippen LogP contribution in [0.5, 0.6) is 0 Å². The van der Waals surface area contributed by atoms with Crippen LogP contribution in [0.3, 0.4) is 0 Å². The smallest absolute Gasteiger partial charge is 0.169 e. The Balaban J connectivity index is 1.49. The molecule has 1 aromatic heterocycles. The lowest BCUT2D eigenvalue weighted by Crippen LogP contribution is -2.32. The summed E-state index contributed by atoms with van der Waals surface area (Å²) in [6, 6.07) is 15.2. The van der Waals surface area contributed by atoms with Gasteiger partial charge in [0.15, 0.2) is 12.4 Å². The van der Waals surface area contributed by atoms with Crippen LogP contribution in [-0.4, -0.2) is 11.7 Å². The van der Waals surface area contributed by atoms with Crippen molar-refractivity contribution in [3.05, 3.63) is 66.0 Å². The molecule has 2 rings (SSSR count). The van der Waals surface area contributed by atoms with Gasteiger partial charge in [-0.1, -0.05) is 75.3 Å². The maximum absolute atomic E-state index is 8.74. The molecule has 26 heavy (non-hydrogen) atoms. The lowest BCUT2D eigenvalue weighted by Gasteiger charge is -2.03. The van der Waals surface area contributed by atoms with Crippen molar-refractivity contribution in [1.82, 2.24) is 0 Å². The van der Waals surface area contributed by atoms with Crippen molar-refractivity contribution < 1.29 is 9.67 Å². The van der Waals surface area contributed by atoms with Gasteiger partial charge in [0, 0.05) is 25.2 Å². The van der Waals surface area contributed by atoms with Crippen LogP contribution in [0.25, 0.3) is 0 Å². The SMILES string of the molecule is OCCCCCCCCCCCC[n+]1ccc(Cc2ccccc2)cc1. The highest BCUT2D eigenvalue weighted by molar-refractivity contribution is 5.23. The van der Waals surface area contributed by atoms with Crippen LogP contribution in [0.4, 0.5) is 0 Å². The maximum atomic E-state index is 8.74. The monoisotopic (exact) mass is 354 g/mol. The zero-order chi connectivity index (χ0) is 18.3. The van der Waals surface area contributed by atoms with E-state index in [1.165, 1.54) is 68.9 Å². The lowest BCUT2D eigenvalue weighted by atomic mass is 10.1. The first-order valence-electron chi connectivity index (χ1n) is 10.5. The van der Waals surface area contributed by atoms with Gasteiger partial charge in [-0.25, -0.2) is 4.57 Å². The van der Waals surface area contributed by atoms with E-state index in [1.807, 2.05) is 0 Å². The Bertz CT molecular complexity index is 565. The number of pyridine rings is 1. The van der Waals surface area contributed by atoms with Gasteiger partial charge in [0.05, 0.1) is 0 Å². The molecule has 0 spiro atoms. The molecule has 0 aliphatic heterocycles. The number of hydrogen-bond donors (Lipinski definition) is 1. The minimum atomic E-state index is 0.355. The summed E-state index contributed by atoms with van der Waals surface area (Å²) in [6.45, 7) is 1.49. The Hall–Kier alpha value is -1.67. The van der Waals surface area contributed by atoms with Crippen molar-refractivity contribution >= 4 is 0 Å². The van der Waals surface area contributed by atoms with Gasteiger partial charge in [-0.2, -0.15) is 0 Å². The van der Waals surface area contributed by atoms with Crippen molar-refractivity contribution in [3.63, 3.8) is 0 Å². The zero-order valence-electron chi connectivity index (χ0n) is 16.3. The molecular formula is C24H36NO+. The Kier molecular flexibility index (Phi) is 10.7. The zero-order valence-corrected chi connectivity index (χ0v) is 16.3. The topological polar surface area (TPSA) is 24.1 Å². The van der Waals surface area contributed by atoms with E-state index in [0.29, 0.717) is 6.61 Å². The molecule has 0 unspecified atom stereocenters. The quantitative estimate of drug-likeness (QED) is 0.353. The average Bonchev–Trinajstić information content (AvgIpc) is 2.68. The normalized spacial score (nSPS) is 11.0. The number of hydrogen-bond acceptors (Lipinski definition) is 1. The first kappa shape index (κ1) is 20.6. The van der Waals surface area contributed by atoms with Gasteiger partial charge in [0.25, 0.3) is 0 Å². The van der Waals surface area contributed by atoms with Gasteiger partial charge in [-0.3, -0.25) is 0 Å². The minimum absolute atomic E-state index is 0.355. The summed E-state index contributed by atoms with van der Waals surface area (Å²) in [4.78, 5) is 0. The molecule has 0 fully saturated rings. The van der Waals surface area contributed by atoms with Gasteiger partial charge in [0.1, 0.15) is 6.54 Å². The molecule has 2 heteroatoms. The van der Waals surface area contributed by atoms with Crippen molar-refractivity contribution in [2.24, 2.45) is 0 Å². The molecule has 0 aliphatic carbocycles. The third-order valence-electron chi connectivity index (χ3n) is 5.04. The Morgan fingerprint density at radius 1 is 0.577 bits per heavy atom. The van der Waals surface area contributed by atoms with Gasteiger partial charge >= 0.3 is 0 Å². The summed E-state index contributed by atoms with van der Waals surface area (Å²) in [5.41, 5.74) is 2.75. The van der Waals surface area contributed by atoms with Crippen LogP contribution < -0.4 is 4.57 Å². The molecule has 0 aliphatic rings. The number of aliphatic hydroxyl groups excluding tert-OH is 1. The Morgan fingerprint density at radius 2 is 1.08 bits per heavy atom.